The van der Waals surface area contributed by atoms with Crippen LogP contribution in [0.3, 0.4) is 0 Å². The Morgan fingerprint density at radius 3 is 2.89 bits per heavy atom. The maximum Gasteiger partial charge on any atom is 0.338 e. The van der Waals surface area contributed by atoms with Crippen molar-refractivity contribution in [2.45, 2.75) is 5.03 Å². The summed E-state index contributed by atoms with van der Waals surface area (Å²) in [7, 11) is 1.38. The first-order valence-electron chi connectivity index (χ1n) is 7.73. The van der Waals surface area contributed by atoms with Crippen LogP contribution in [-0.4, -0.2) is 23.2 Å². The van der Waals surface area contributed by atoms with Gasteiger partial charge in [-0.2, -0.15) is 0 Å². The van der Waals surface area contributed by atoms with Crippen molar-refractivity contribution in [2.75, 3.05) is 11.8 Å². The highest BCUT2D eigenvalue weighted by Crippen LogP contribution is 2.32. The van der Waals surface area contributed by atoms with Crippen LogP contribution in [0.4, 0.5) is 10.1 Å². The second-order valence-electron chi connectivity index (χ2n) is 5.29. The molecule has 0 aliphatic carbocycles. The fourth-order valence-corrected chi connectivity index (χ4v) is 3.75. The molecule has 28 heavy (non-hydrogen) atoms. The van der Waals surface area contributed by atoms with Crippen molar-refractivity contribution in [1.82, 2.24) is 4.98 Å². The summed E-state index contributed by atoms with van der Waals surface area (Å²) in [6, 6.07) is 9.41. The SMILES string of the molecule is COc1cc(C(=O)O)c(F)cc1NSc1csc(C#Cc2cccc(Cl)c2)n1. The van der Waals surface area contributed by atoms with Crippen LogP contribution in [0, 0.1) is 17.7 Å². The predicted octanol–water partition coefficient (Wildman–Crippen LogP) is 5.16. The summed E-state index contributed by atoms with van der Waals surface area (Å²) in [6.07, 6.45) is 0. The third kappa shape index (κ3) is 4.95. The Hall–Kier alpha value is -2.73. The molecular formula is C19H12ClFN2O3S2. The van der Waals surface area contributed by atoms with E-state index in [1.165, 1.54) is 18.4 Å². The lowest BCUT2D eigenvalue weighted by Gasteiger charge is -2.11. The average Bonchev–Trinajstić information content (AvgIpc) is 3.12. The Morgan fingerprint density at radius 1 is 1.36 bits per heavy atom. The summed E-state index contributed by atoms with van der Waals surface area (Å²) in [5.74, 6) is 3.94. The van der Waals surface area contributed by atoms with Gasteiger partial charge < -0.3 is 14.6 Å². The van der Waals surface area contributed by atoms with E-state index in [0.717, 1.165) is 29.6 Å². The molecule has 0 saturated heterocycles. The van der Waals surface area contributed by atoms with Gasteiger partial charge in [-0.3, -0.25) is 0 Å². The van der Waals surface area contributed by atoms with Crippen LogP contribution >= 0.6 is 34.9 Å². The number of rotatable bonds is 5. The molecule has 2 aromatic carbocycles. The largest absolute Gasteiger partial charge is 0.495 e. The zero-order valence-corrected chi connectivity index (χ0v) is 16.7. The molecule has 0 atom stereocenters. The van der Waals surface area contributed by atoms with E-state index in [-0.39, 0.29) is 5.75 Å². The van der Waals surface area contributed by atoms with Gasteiger partial charge >= 0.3 is 5.97 Å². The molecule has 9 heteroatoms. The van der Waals surface area contributed by atoms with Crippen LogP contribution in [0.15, 0.2) is 46.8 Å². The third-order valence-electron chi connectivity index (χ3n) is 3.41. The zero-order valence-electron chi connectivity index (χ0n) is 14.3. The molecule has 0 bridgehead atoms. The number of benzene rings is 2. The summed E-state index contributed by atoms with van der Waals surface area (Å²) in [4.78, 5) is 15.4. The van der Waals surface area contributed by atoms with Crippen LogP contribution in [0.5, 0.6) is 5.75 Å². The molecule has 0 saturated carbocycles. The molecule has 0 fully saturated rings. The highest BCUT2D eigenvalue weighted by molar-refractivity contribution is 8.00. The standard InChI is InChI=1S/C19H12ClFN2O3S2/c1-26-16-8-13(19(24)25)14(21)9-15(16)23-28-18-10-27-17(22-18)6-5-11-3-2-4-12(20)7-11/h2-4,7-10,23H,1H3,(H,24,25). The smallest absolute Gasteiger partial charge is 0.338 e. The Balaban J connectivity index is 1.71. The number of nitrogens with zero attached hydrogens (tertiary/aromatic N) is 1. The van der Waals surface area contributed by atoms with Crippen molar-refractivity contribution in [3.63, 3.8) is 0 Å². The lowest BCUT2D eigenvalue weighted by molar-refractivity contribution is 0.0691. The van der Waals surface area contributed by atoms with E-state index < -0.39 is 17.3 Å². The number of ether oxygens (including phenoxy) is 1. The maximum atomic E-state index is 13.9. The van der Waals surface area contributed by atoms with Crippen LogP contribution in [0.1, 0.15) is 20.9 Å². The van der Waals surface area contributed by atoms with Gasteiger partial charge in [-0.1, -0.05) is 23.6 Å². The van der Waals surface area contributed by atoms with Crippen molar-refractivity contribution in [3.05, 3.63) is 68.8 Å². The summed E-state index contributed by atoms with van der Waals surface area (Å²) in [5.41, 5.74) is 0.628. The number of anilines is 1. The number of halogens is 2. The molecular weight excluding hydrogens is 423 g/mol. The highest BCUT2D eigenvalue weighted by atomic mass is 35.5. The lowest BCUT2D eigenvalue weighted by Crippen LogP contribution is -2.03. The number of carboxylic acid groups (broad SMARTS) is 1. The molecule has 0 amide bonds. The van der Waals surface area contributed by atoms with Crippen LogP contribution < -0.4 is 9.46 Å². The minimum Gasteiger partial charge on any atom is -0.495 e. The van der Waals surface area contributed by atoms with Crippen molar-refractivity contribution in [3.8, 4) is 17.6 Å². The monoisotopic (exact) mass is 434 g/mol. The van der Waals surface area contributed by atoms with E-state index in [0.29, 0.717) is 20.7 Å². The number of hydrogen-bond acceptors (Lipinski definition) is 6. The number of thiazole rings is 1. The third-order valence-corrected chi connectivity index (χ3v) is 5.29. The number of carboxylic acids is 1. The maximum absolute atomic E-state index is 13.9. The summed E-state index contributed by atoms with van der Waals surface area (Å²) in [6.45, 7) is 0. The minimum atomic E-state index is -1.36. The van der Waals surface area contributed by atoms with Crippen LogP contribution in [-0.2, 0) is 0 Å². The zero-order chi connectivity index (χ0) is 20.1. The van der Waals surface area contributed by atoms with Gasteiger partial charge in [0.25, 0.3) is 0 Å². The van der Waals surface area contributed by atoms with Gasteiger partial charge in [0.05, 0.1) is 18.4 Å². The summed E-state index contributed by atoms with van der Waals surface area (Å²) in [5, 5.41) is 12.6. The number of methoxy groups -OCH3 is 1. The molecule has 5 nitrogen and oxygen atoms in total. The number of aromatic nitrogens is 1. The van der Waals surface area contributed by atoms with E-state index >= 15 is 0 Å². The van der Waals surface area contributed by atoms with Crippen molar-refractivity contribution in [2.24, 2.45) is 0 Å². The van der Waals surface area contributed by atoms with Gasteiger partial charge in [-0.25, -0.2) is 14.2 Å². The highest BCUT2D eigenvalue weighted by Gasteiger charge is 2.16. The van der Waals surface area contributed by atoms with Crippen LogP contribution in [0.2, 0.25) is 5.02 Å². The van der Waals surface area contributed by atoms with Crippen LogP contribution in [0.25, 0.3) is 0 Å². The van der Waals surface area contributed by atoms with Gasteiger partial charge in [-0.15, -0.1) is 11.3 Å². The summed E-state index contributed by atoms with van der Waals surface area (Å²) < 4.78 is 22.0. The van der Waals surface area contributed by atoms with Gasteiger partial charge in [0.1, 0.15) is 16.6 Å². The second-order valence-corrected chi connectivity index (χ2v) is 7.41. The predicted molar refractivity (Wildman–Crippen MR) is 109 cm³/mol. The van der Waals surface area contributed by atoms with Gasteiger partial charge in [0.15, 0.2) is 5.01 Å². The Labute approximate surface area is 173 Å². The molecule has 2 N–H and O–H groups in total. The average molecular weight is 435 g/mol. The van der Waals surface area contributed by atoms with Gasteiger partial charge in [0.2, 0.25) is 0 Å². The topological polar surface area (TPSA) is 71.5 Å². The molecule has 1 heterocycles. The van der Waals surface area contributed by atoms with E-state index in [4.69, 9.17) is 21.4 Å². The molecule has 3 rings (SSSR count). The normalized spacial score (nSPS) is 10.1. The van der Waals surface area contributed by atoms with E-state index in [9.17, 15) is 9.18 Å². The summed E-state index contributed by atoms with van der Waals surface area (Å²) >= 11 is 8.43. The van der Waals surface area contributed by atoms with E-state index in [1.807, 2.05) is 12.1 Å². The number of carbonyl (C=O) groups is 1. The first kappa shape index (κ1) is 20.0. The van der Waals surface area contributed by atoms with Crippen molar-refractivity contribution >= 4 is 46.5 Å². The Kier molecular flexibility index (Phi) is 6.41. The lowest BCUT2D eigenvalue weighted by atomic mass is 10.2. The minimum absolute atomic E-state index is 0.211. The molecule has 0 spiro atoms. The fraction of sp³-hybridized carbons (Fsp3) is 0.0526. The number of nitrogens with one attached hydrogen (secondary N) is 1. The van der Waals surface area contributed by atoms with Crippen molar-refractivity contribution < 1.29 is 19.0 Å². The fourth-order valence-electron chi connectivity index (χ4n) is 2.13. The van der Waals surface area contributed by atoms with Gasteiger partial charge in [-0.05, 0) is 30.2 Å². The van der Waals surface area contributed by atoms with Gasteiger partial charge in [0, 0.05) is 34.0 Å². The molecule has 0 aliphatic heterocycles. The Morgan fingerprint density at radius 2 is 2.18 bits per heavy atom. The first-order chi connectivity index (χ1) is 13.5. The van der Waals surface area contributed by atoms with Crippen molar-refractivity contribution in [1.29, 1.82) is 0 Å². The van der Waals surface area contributed by atoms with E-state index in [2.05, 4.69) is 21.5 Å². The Bertz CT molecular complexity index is 1090. The number of aromatic carboxylic acids is 1. The molecule has 0 unspecified atom stereocenters. The molecule has 0 aliphatic rings. The molecule has 3 aromatic rings. The molecule has 1 aromatic heterocycles. The number of hydrogen-bond donors (Lipinski definition) is 2. The quantitative estimate of drug-likeness (QED) is 0.427. The second kappa shape index (κ2) is 8.97. The first-order valence-corrected chi connectivity index (χ1v) is 9.80. The van der Waals surface area contributed by atoms with E-state index in [1.54, 1.807) is 17.5 Å². The molecule has 0 radical (unpaired) electrons. The molecule has 142 valence electrons.